The molecule has 4 heteroatoms. The largest absolute Gasteiger partial charge is 0.393 e. The van der Waals surface area contributed by atoms with Gasteiger partial charge in [-0.15, -0.1) is 4.39 Å². The van der Waals surface area contributed by atoms with Crippen molar-refractivity contribution in [2.75, 3.05) is 0 Å². The van der Waals surface area contributed by atoms with Gasteiger partial charge in [-0.2, -0.15) is 0 Å². The quantitative estimate of drug-likeness (QED) is 0.663. The predicted octanol–water partition coefficient (Wildman–Crippen LogP) is 3.15. The normalized spacial score (nSPS) is 49.0. The Morgan fingerprint density at radius 1 is 1.08 bits per heavy atom. The summed E-state index contributed by atoms with van der Waals surface area (Å²) in [6, 6.07) is 0. The number of aliphatic hydroxyl groups excluding tert-OH is 2. The summed E-state index contributed by atoms with van der Waals surface area (Å²) in [4.78, 5) is 12.3. The van der Waals surface area contributed by atoms with E-state index in [1.807, 2.05) is 0 Å². The molecule has 4 rings (SSSR count). The molecule has 0 aliphatic heterocycles. The Kier molecular flexibility index (Phi) is 3.90. The number of hydrogen-bond donors (Lipinski definition) is 2. The van der Waals surface area contributed by atoms with E-state index >= 15 is 0 Å². The number of rotatable bonds is 0. The zero-order chi connectivity index (χ0) is 18.0. The number of aliphatic hydroxyl groups is 2. The van der Waals surface area contributed by atoms with Crippen LogP contribution in [0.1, 0.15) is 58.8 Å². The Labute approximate surface area is 148 Å². The summed E-state index contributed by atoms with van der Waals surface area (Å²) in [5.41, 5.74) is 0.680. The first-order valence-corrected chi connectivity index (χ1v) is 9.58. The van der Waals surface area contributed by atoms with Gasteiger partial charge in [0.1, 0.15) is 6.17 Å². The molecule has 4 aliphatic rings. The molecule has 0 aromatic heterocycles. The summed E-state index contributed by atoms with van der Waals surface area (Å²) in [7, 11) is 0. The molecule has 4 aliphatic carbocycles. The number of halogens is 1. The summed E-state index contributed by atoms with van der Waals surface area (Å²) in [5.74, 6) is 3.38. The van der Waals surface area contributed by atoms with Crippen LogP contribution >= 0.6 is 0 Å². The first kappa shape index (κ1) is 17.2. The van der Waals surface area contributed by atoms with Gasteiger partial charge in [-0.1, -0.05) is 13.8 Å². The van der Waals surface area contributed by atoms with E-state index in [1.165, 1.54) is 6.17 Å². The Morgan fingerprint density at radius 2 is 1.84 bits per heavy atom. The maximum Gasteiger partial charge on any atom is 0.173 e. The summed E-state index contributed by atoms with van der Waals surface area (Å²) in [5, 5.41) is 21.4. The molecule has 0 bridgehead atoms. The van der Waals surface area contributed by atoms with Gasteiger partial charge in [0, 0.05) is 11.8 Å². The van der Waals surface area contributed by atoms with E-state index in [4.69, 9.17) is 0 Å². The highest BCUT2D eigenvalue weighted by molar-refractivity contribution is 6.02. The Bertz CT molecular complexity index is 702. The summed E-state index contributed by atoms with van der Waals surface area (Å²) in [6.07, 6.45) is 5.95. The smallest absolute Gasteiger partial charge is 0.173 e. The third-order valence-corrected chi connectivity index (χ3v) is 8.36. The summed E-state index contributed by atoms with van der Waals surface area (Å²) < 4.78 is 12.7. The van der Waals surface area contributed by atoms with Gasteiger partial charge in [0.2, 0.25) is 0 Å². The van der Waals surface area contributed by atoms with E-state index in [-0.39, 0.29) is 29.6 Å². The molecule has 25 heavy (non-hydrogen) atoms. The molecular weight excluding hydrogens is 319 g/mol. The third-order valence-electron chi connectivity index (χ3n) is 8.36. The van der Waals surface area contributed by atoms with Gasteiger partial charge in [0.15, 0.2) is 5.78 Å². The molecule has 0 saturated heterocycles. The number of fused-ring (bicyclic) bond motifs is 5. The fourth-order valence-electron chi connectivity index (χ4n) is 6.90. The number of carbonyl (C=O) groups excluding carboxylic acids is 1. The standard InChI is InChI=1S/C21H27FO3/c1-20-9-7-16-12(14(20)5-6-18(20)24)3-4-15-13(8-10-22)17(23)11-19(25)21(15,16)2/h12,14,16,18-19,24-25H,3-7,9,11H2,1-2H3/t12-,14-,16+,18?,19?,20-,21-/m0/s1. The molecule has 0 aromatic rings. The van der Waals surface area contributed by atoms with Gasteiger partial charge in [0.25, 0.3) is 0 Å². The molecule has 0 aromatic carbocycles. The van der Waals surface area contributed by atoms with Gasteiger partial charge < -0.3 is 10.2 Å². The zero-order valence-electron chi connectivity index (χ0n) is 15.0. The minimum absolute atomic E-state index is 0.0181. The highest BCUT2D eigenvalue weighted by atomic mass is 19.1. The van der Waals surface area contributed by atoms with Crippen LogP contribution in [-0.2, 0) is 4.79 Å². The van der Waals surface area contributed by atoms with Crippen LogP contribution in [0.2, 0.25) is 0 Å². The van der Waals surface area contributed by atoms with Crippen LogP contribution in [0.25, 0.3) is 0 Å². The van der Waals surface area contributed by atoms with Crippen LogP contribution in [0, 0.1) is 40.7 Å². The van der Waals surface area contributed by atoms with Crippen molar-refractivity contribution in [3.05, 3.63) is 11.1 Å². The van der Waals surface area contributed by atoms with E-state index < -0.39 is 11.5 Å². The fourth-order valence-corrected chi connectivity index (χ4v) is 6.90. The number of hydrogen-bond acceptors (Lipinski definition) is 3. The van der Waals surface area contributed by atoms with Crippen molar-refractivity contribution < 1.29 is 19.4 Å². The van der Waals surface area contributed by atoms with Gasteiger partial charge in [-0.25, -0.2) is 0 Å². The number of ketones is 1. The molecule has 0 amide bonds. The SMILES string of the molecule is C[C@]12CC[C@@H]3[C@@H](CCC4=C(C#CF)C(=O)CC(O)[C@@]43C)[C@@H]1CCC2O. The topological polar surface area (TPSA) is 57.5 Å². The van der Waals surface area contributed by atoms with Crippen molar-refractivity contribution in [1.29, 1.82) is 0 Å². The molecule has 3 saturated carbocycles. The van der Waals surface area contributed by atoms with Crippen LogP contribution in [0.3, 0.4) is 0 Å². The van der Waals surface area contributed by atoms with Gasteiger partial charge in [-0.3, -0.25) is 4.79 Å². The van der Waals surface area contributed by atoms with E-state index in [2.05, 4.69) is 19.8 Å². The van der Waals surface area contributed by atoms with Crippen molar-refractivity contribution in [2.45, 2.75) is 71.0 Å². The van der Waals surface area contributed by atoms with E-state index in [1.54, 1.807) is 0 Å². The monoisotopic (exact) mass is 346 g/mol. The maximum absolute atomic E-state index is 12.7. The fraction of sp³-hybridized carbons (Fsp3) is 0.762. The van der Waals surface area contributed by atoms with E-state index in [0.717, 1.165) is 37.7 Å². The average Bonchev–Trinajstić information content (AvgIpc) is 2.88. The molecule has 7 atom stereocenters. The second-order valence-electron chi connectivity index (χ2n) is 9.05. The highest BCUT2D eigenvalue weighted by Gasteiger charge is 2.61. The molecule has 2 N–H and O–H groups in total. The van der Waals surface area contributed by atoms with Gasteiger partial charge in [0.05, 0.1) is 17.8 Å². The van der Waals surface area contributed by atoms with Crippen LogP contribution in [0.4, 0.5) is 4.39 Å². The zero-order valence-corrected chi connectivity index (χ0v) is 15.0. The third kappa shape index (κ3) is 2.15. The van der Waals surface area contributed by atoms with Crippen molar-refractivity contribution in [1.82, 2.24) is 0 Å². The lowest BCUT2D eigenvalue weighted by Crippen LogP contribution is -2.56. The molecular formula is C21H27FO3. The van der Waals surface area contributed by atoms with Crippen LogP contribution in [0.5, 0.6) is 0 Å². The lowest BCUT2D eigenvalue weighted by Gasteiger charge is -2.59. The van der Waals surface area contributed by atoms with Crippen molar-refractivity contribution >= 4 is 5.78 Å². The number of carbonyl (C=O) groups is 1. The maximum atomic E-state index is 12.7. The second-order valence-corrected chi connectivity index (χ2v) is 9.05. The lowest BCUT2D eigenvalue weighted by molar-refractivity contribution is -0.130. The minimum Gasteiger partial charge on any atom is -0.393 e. The first-order chi connectivity index (χ1) is 11.8. The molecule has 3 nitrogen and oxygen atoms in total. The van der Waals surface area contributed by atoms with E-state index in [9.17, 15) is 19.4 Å². The molecule has 136 valence electrons. The van der Waals surface area contributed by atoms with Crippen LogP contribution in [0.15, 0.2) is 11.1 Å². The Morgan fingerprint density at radius 3 is 2.56 bits per heavy atom. The number of Topliss-reactive ketones (excluding diaryl/α,β-unsaturated/α-hetero) is 1. The van der Waals surface area contributed by atoms with E-state index in [0.29, 0.717) is 23.8 Å². The Hall–Kier alpha value is -1.18. The predicted molar refractivity (Wildman–Crippen MR) is 91.9 cm³/mol. The average molecular weight is 346 g/mol. The summed E-state index contributed by atoms with van der Waals surface area (Å²) in [6.45, 7) is 4.28. The van der Waals surface area contributed by atoms with Crippen molar-refractivity contribution in [3.8, 4) is 12.1 Å². The van der Waals surface area contributed by atoms with Gasteiger partial charge >= 0.3 is 0 Å². The molecule has 2 unspecified atom stereocenters. The van der Waals surface area contributed by atoms with Crippen LogP contribution < -0.4 is 0 Å². The molecule has 0 spiro atoms. The first-order valence-electron chi connectivity index (χ1n) is 9.58. The lowest BCUT2D eigenvalue weighted by atomic mass is 9.46. The summed E-state index contributed by atoms with van der Waals surface area (Å²) >= 11 is 0. The molecule has 0 heterocycles. The molecule has 0 radical (unpaired) electrons. The molecule has 3 fully saturated rings. The van der Waals surface area contributed by atoms with Crippen molar-refractivity contribution in [3.63, 3.8) is 0 Å². The van der Waals surface area contributed by atoms with Gasteiger partial charge in [-0.05, 0) is 73.2 Å². The highest BCUT2D eigenvalue weighted by Crippen LogP contribution is 2.65. The Balaban J connectivity index is 1.78. The second kappa shape index (κ2) is 5.66. The van der Waals surface area contributed by atoms with Crippen LogP contribution in [-0.4, -0.2) is 28.2 Å². The minimum atomic E-state index is -0.719. The van der Waals surface area contributed by atoms with Crippen molar-refractivity contribution in [2.24, 2.45) is 28.6 Å².